The highest BCUT2D eigenvalue weighted by molar-refractivity contribution is 7.89. The summed E-state index contributed by atoms with van der Waals surface area (Å²) in [5.41, 5.74) is 1.07. The third-order valence-corrected chi connectivity index (χ3v) is 7.22. The molecule has 10 heteroatoms. The molecule has 0 unspecified atom stereocenters. The first-order valence-corrected chi connectivity index (χ1v) is 11.0. The van der Waals surface area contributed by atoms with Crippen LogP contribution in [0.15, 0.2) is 23.1 Å². The number of aromatic nitrogens is 2. The van der Waals surface area contributed by atoms with Crippen molar-refractivity contribution in [1.29, 1.82) is 0 Å². The van der Waals surface area contributed by atoms with Crippen molar-refractivity contribution in [1.82, 2.24) is 14.5 Å². The maximum absolute atomic E-state index is 12.9. The standard InChI is InChI=1S/C17H23N5O3S2/c1-4-15-19-20-17(26-15)18-16(23)13-11-12(27(24,25)21(2)3)7-8-14(13)22-9-5-6-10-22/h7-8,11H,4-6,9-10H2,1-3H3,(H,18,20,23). The lowest BCUT2D eigenvalue weighted by atomic mass is 10.1. The predicted octanol–water partition coefficient (Wildman–Crippen LogP) is 2.20. The Bertz CT molecular complexity index is 934. The van der Waals surface area contributed by atoms with Crippen molar-refractivity contribution in [2.45, 2.75) is 31.1 Å². The summed E-state index contributed by atoms with van der Waals surface area (Å²) >= 11 is 1.31. The molecule has 146 valence electrons. The third-order valence-electron chi connectivity index (χ3n) is 4.43. The van der Waals surface area contributed by atoms with E-state index in [0.717, 1.165) is 47.4 Å². The van der Waals surface area contributed by atoms with Gasteiger partial charge in [0.2, 0.25) is 15.2 Å². The van der Waals surface area contributed by atoms with Crippen LogP contribution in [0.25, 0.3) is 0 Å². The molecule has 0 spiro atoms. The molecule has 0 saturated carbocycles. The lowest BCUT2D eigenvalue weighted by Gasteiger charge is -2.22. The SMILES string of the molecule is CCc1nnc(NC(=O)c2cc(S(=O)(=O)N(C)C)ccc2N2CCCC2)s1. The highest BCUT2D eigenvalue weighted by atomic mass is 32.2. The zero-order chi connectivity index (χ0) is 19.6. The molecule has 1 fully saturated rings. The van der Waals surface area contributed by atoms with Crippen molar-refractivity contribution in [3.05, 3.63) is 28.8 Å². The fourth-order valence-electron chi connectivity index (χ4n) is 2.91. The van der Waals surface area contributed by atoms with Gasteiger partial charge in [0.15, 0.2) is 0 Å². The van der Waals surface area contributed by atoms with Gasteiger partial charge in [0.25, 0.3) is 5.91 Å². The molecule has 2 heterocycles. The normalized spacial score (nSPS) is 14.7. The summed E-state index contributed by atoms with van der Waals surface area (Å²) in [4.78, 5) is 15.1. The van der Waals surface area contributed by atoms with Crippen molar-refractivity contribution < 1.29 is 13.2 Å². The van der Waals surface area contributed by atoms with Crippen molar-refractivity contribution in [3.8, 4) is 0 Å². The number of anilines is 2. The second-order valence-corrected chi connectivity index (χ2v) is 9.68. The monoisotopic (exact) mass is 409 g/mol. The van der Waals surface area contributed by atoms with Crippen LogP contribution in [0.3, 0.4) is 0 Å². The van der Waals surface area contributed by atoms with Crippen LogP contribution in [-0.4, -0.2) is 56.0 Å². The summed E-state index contributed by atoms with van der Waals surface area (Å²) in [7, 11) is -0.698. The van der Waals surface area contributed by atoms with Crippen molar-refractivity contribution >= 4 is 38.1 Å². The molecule has 1 N–H and O–H groups in total. The van der Waals surface area contributed by atoms with Gasteiger partial charge in [-0.15, -0.1) is 10.2 Å². The van der Waals surface area contributed by atoms with Gasteiger partial charge in [-0.05, 0) is 37.5 Å². The average Bonchev–Trinajstić information content (AvgIpc) is 3.32. The Labute approximate surface area is 163 Å². The van der Waals surface area contributed by atoms with E-state index in [4.69, 9.17) is 0 Å². The Morgan fingerprint density at radius 1 is 1.26 bits per heavy atom. The van der Waals surface area contributed by atoms with Crippen LogP contribution in [-0.2, 0) is 16.4 Å². The quantitative estimate of drug-likeness (QED) is 0.786. The largest absolute Gasteiger partial charge is 0.371 e. The number of benzene rings is 1. The molecule has 0 aliphatic carbocycles. The molecular weight excluding hydrogens is 386 g/mol. The van der Waals surface area contributed by atoms with Gasteiger partial charge in [0, 0.05) is 32.9 Å². The minimum Gasteiger partial charge on any atom is -0.371 e. The van der Waals surface area contributed by atoms with E-state index in [-0.39, 0.29) is 10.8 Å². The summed E-state index contributed by atoms with van der Waals surface area (Å²) in [6.45, 7) is 3.66. The third kappa shape index (κ3) is 4.12. The zero-order valence-corrected chi connectivity index (χ0v) is 17.2. The van der Waals surface area contributed by atoms with Crippen molar-refractivity contribution in [2.24, 2.45) is 0 Å². The van der Waals surface area contributed by atoms with Gasteiger partial charge in [0.1, 0.15) is 5.01 Å². The highest BCUT2D eigenvalue weighted by Crippen LogP contribution is 2.29. The number of sulfonamides is 1. The van der Waals surface area contributed by atoms with Gasteiger partial charge in [0.05, 0.1) is 10.5 Å². The van der Waals surface area contributed by atoms with E-state index < -0.39 is 10.0 Å². The van der Waals surface area contributed by atoms with E-state index in [1.54, 1.807) is 12.1 Å². The van der Waals surface area contributed by atoms with E-state index in [2.05, 4.69) is 20.4 Å². The van der Waals surface area contributed by atoms with Crippen LogP contribution in [0, 0.1) is 0 Å². The van der Waals surface area contributed by atoms with Crippen molar-refractivity contribution in [2.75, 3.05) is 37.4 Å². The maximum Gasteiger partial charge on any atom is 0.259 e. The number of carbonyl (C=O) groups excluding carboxylic acids is 1. The molecule has 1 amide bonds. The first-order valence-electron chi connectivity index (χ1n) is 8.78. The summed E-state index contributed by atoms with van der Waals surface area (Å²) < 4.78 is 26.1. The fourth-order valence-corrected chi connectivity index (χ4v) is 4.52. The number of amides is 1. The van der Waals surface area contributed by atoms with E-state index in [9.17, 15) is 13.2 Å². The minimum atomic E-state index is -3.64. The van der Waals surface area contributed by atoms with Crippen LogP contribution in [0.1, 0.15) is 35.1 Å². The van der Waals surface area contributed by atoms with E-state index in [1.165, 1.54) is 31.5 Å². The van der Waals surface area contributed by atoms with Crippen LogP contribution in [0.5, 0.6) is 0 Å². The van der Waals surface area contributed by atoms with Gasteiger partial charge in [-0.1, -0.05) is 18.3 Å². The van der Waals surface area contributed by atoms with Gasteiger partial charge < -0.3 is 4.90 Å². The van der Waals surface area contributed by atoms with Gasteiger partial charge in [-0.3, -0.25) is 10.1 Å². The number of carbonyl (C=O) groups is 1. The Kier molecular flexibility index (Phi) is 5.78. The smallest absolute Gasteiger partial charge is 0.259 e. The number of hydrogen-bond donors (Lipinski definition) is 1. The molecule has 27 heavy (non-hydrogen) atoms. The lowest BCUT2D eigenvalue weighted by molar-refractivity contribution is 0.102. The van der Waals surface area contributed by atoms with Gasteiger partial charge in [-0.2, -0.15) is 0 Å². The van der Waals surface area contributed by atoms with E-state index >= 15 is 0 Å². The first kappa shape index (κ1) is 19.7. The summed E-state index contributed by atoms with van der Waals surface area (Å²) in [5, 5.41) is 12.0. The topological polar surface area (TPSA) is 95.5 Å². The number of hydrogen-bond acceptors (Lipinski definition) is 7. The molecular formula is C17H23N5O3S2. The molecule has 0 atom stereocenters. The fraction of sp³-hybridized carbons (Fsp3) is 0.471. The second-order valence-electron chi connectivity index (χ2n) is 6.47. The molecule has 0 radical (unpaired) electrons. The van der Waals surface area contributed by atoms with E-state index in [1.807, 2.05) is 6.92 Å². The number of nitrogens with zero attached hydrogens (tertiary/aromatic N) is 4. The van der Waals surface area contributed by atoms with E-state index in [0.29, 0.717) is 10.7 Å². The number of rotatable bonds is 6. The molecule has 2 aromatic rings. The summed E-state index contributed by atoms with van der Waals surface area (Å²) in [6.07, 6.45) is 2.84. The summed E-state index contributed by atoms with van der Waals surface area (Å²) in [5.74, 6) is -0.383. The van der Waals surface area contributed by atoms with Crippen LogP contribution < -0.4 is 10.2 Å². The number of aryl methyl sites for hydroxylation is 1. The van der Waals surface area contributed by atoms with Gasteiger partial charge >= 0.3 is 0 Å². The first-order chi connectivity index (χ1) is 12.8. The molecule has 1 aromatic heterocycles. The average molecular weight is 410 g/mol. The Morgan fingerprint density at radius 3 is 2.56 bits per heavy atom. The van der Waals surface area contributed by atoms with Crippen LogP contribution >= 0.6 is 11.3 Å². The van der Waals surface area contributed by atoms with Gasteiger partial charge in [-0.25, -0.2) is 12.7 Å². The molecule has 1 aliphatic heterocycles. The Balaban J connectivity index is 1.99. The second kappa shape index (κ2) is 7.91. The molecule has 1 aromatic carbocycles. The zero-order valence-electron chi connectivity index (χ0n) is 15.6. The number of nitrogens with one attached hydrogen (secondary N) is 1. The molecule has 8 nitrogen and oxygen atoms in total. The Hall–Kier alpha value is -2.04. The highest BCUT2D eigenvalue weighted by Gasteiger charge is 2.25. The van der Waals surface area contributed by atoms with Crippen LogP contribution in [0.4, 0.5) is 10.8 Å². The minimum absolute atomic E-state index is 0.0899. The lowest BCUT2D eigenvalue weighted by Crippen LogP contribution is -2.25. The Morgan fingerprint density at radius 2 is 1.96 bits per heavy atom. The van der Waals surface area contributed by atoms with Crippen LogP contribution in [0.2, 0.25) is 0 Å². The molecule has 1 saturated heterocycles. The predicted molar refractivity (Wildman–Crippen MR) is 106 cm³/mol. The maximum atomic E-state index is 12.9. The van der Waals surface area contributed by atoms with Crippen molar-refractivity contribution in [3.63, 3.8) is 0 Å². The summed E-state index contributed by atoms with van der Waals surface area (Å²) in [6, 6.07) is 4.72. The molecule has 3 rings (SSSR count). The molecule has 0 bridgehead atoms. The molecule has 1 aliphatic rings.